The lowest BCUT2D eigenvalue weighted by molar-refractivity contribution is -0.137. The van der Waals surface area contributed by atoms with Crippen molar-refractivity contribution in [3.63, 3.8) is 0 Å². The Hall–Kier alpha value is -3.08. The van der Waals surface area contributed by atoms with E-state index in [0.29, 0.717) is 37.8 Å². The number of nitrogens with zero attached hydrogens (tertiary/aromatic N) is 4. The Labute approximate surface area is 174 Å². The summed E-state index contributed by atoms with van der Waals surface area (Å²) in [5.41, 5.74) is 0.577. The van der Waals surface area contributed by atoms with Crippen molar-refractivity contribution < 1.29 is 22.8 Å². The lowest BCUT2D eigenvalue weighted by Crippen LogP contribution is -2.47. The summed E-state index contributed by atoms with van der Waals surface area (Å²) in [5, 5.41) is 1.78. The van der Waals surface area contributed by atoms with Gasteiger partial charge in [-0.3, -0.25) is 14.9 Å². The Bertz CT molecular complexity index is 1000. The molecule has 1 aromatic heterocycles. The maximum absolute atomic E-state index is 12.7. The van der Waals surface area contributed by atoms with E-state index in [-0.39, 0.29) is 4.91 Å². The highest BCUT2D eigenvalue weighted by molar-refractivity contribution is 8.18. The number of hydrogen-bond donors (Lipinski definition) is 1. The minimum Gasteiger partial charge on any atom is -0.368 e. The smallest absolute Gasteiger partial charge is 0.368 e. The van der Waals surface area contributed by atoms with Gasteiger partial charge in [0.2, 0.25) is 5.95 Å². The molecule has 2 saturated heterocycles. The molecule has 156 valence electrons. The van der Waals surface area contributed by atoms with E-state index < -0.39 is 22.9 Å². The second kappa shape index (κ2) is 7.98. The summed E-state index contributed by atoms with van der Waals surface area (Å²) >= 11 is 0.821. The molecule has 7 nitrogen and oxygen atoms in total. The molecule has 0 aliphatic carbocycles. The molecule has 2 aliphatic rings. The van der Waals surface area contributed by atoms with E-state index in [4.69, 9.17) is 0 Å². The van der Waals surface area contributed by atoms with E-state index in [0.717, 1.165) is 29.6 Å². The van der Waals surface area contributed by atoms with Crippen LogP contribution in [0.2, 0.25) is 0 Å². The third kappa shape index (κ3) is 4.40. The first-order valence-corrected chi connectivity index (χ1v) is 9.86. The number of carbonyl (C=O) groups excluding carboxylic acids is 2. The second-order valence-electron chi connectivity index (χ2n) is 6.65. The second-order valence-corrected chi connectivity index (χ2v) is 7.67. The van der Waals surface area contributed by atoms with Gasteiger partial charge in [-0.05, 0) is 48.2 Å². The lowest BCUT2D eigenvalue weighted by atomic mass is 10.1. The van der Waals surface area contributed by atoms with Crippen molar-refractivity contribution >= 4 is 40.6 Å². The van der Waals surface area contributed by atoms with Gasteiger partial charge in [0.1, 0.15) is 0 Å². The molecule has 1 aromatic carbocycles. The summed E-state index contributed by atoms with van der Waals surface area (Å²) in [6.45, 7) is 2.39. The van der Waals surface area contributed by atoms with Crippen molar-refractivity contribution in [2.75, 3.05) is 36.0 Å². The number of hydrogen-bond acceptors (Lipinski definition) is 7. The highest BCUT2D eigenvalue weighted by Crippen LogP contribution is 2.31. The van der Waals surface area contributed by atoms with Crippen molar-refractivity contribution in [2.45, 2.75) is 6.18 Å². The first-order valence-electron chi connectivity index (χ1n) is 9.05. The molecule has 0 bridgehead atoms. The van der Waals surface area contributed by atoms with Crippen molar-refractivity contribution in [2.24, 2.45) is 0 Å². The monoisotopic (exact) mass is 435 g/mol. The number of alkyl halides is 3. The highest BCUT2D eigenvalue weighted by Gasteiger charge is 2.30. The number of thioether (sulfide) groups is 1. The number of rotatable bonds is 3. The quantitative estimate of drug-likeness (QED) is 0.742. The molecule has 2 fully saturated rings. The summed E-state index contributed by atoms with van der Waals surface area (Å²) in [7, 11) is 0. The fourth-order valence-corrected chi connectivity index (χ4v) is 3.84. The minimum absolute atomic E-state index is 0.275. The van der Waals surface area contributed by atoms with Crippen LogP contribution in [0.25, 0.3) is 6.08 Å². The van der Waals surface area contributed by atoms with Crippen LogP contribution in [0.1, 0.15) is 11.3 Å². The van der Waals surface area contributed by atoms with E-state index in [1.165, 1.54) is 18.2 Å². The molecule has 0 spiro atoms. The van der Waals surface area contributed by atoms with E-state index in [9.17, 15) is 22.8 Å². The van der Waals surface area contributed by atoms with Gasteiger partial charge in [-0.1, -0.05) is 0 Å². The molecule has 0 radical (unpaired) electrons. The van der Waals surface area contributed by atoms with E-state index in [1.807, 2.05) is 9.80 Å². The molecule has 2 aromatic rings. The zero-order valence-electron chi connectivity index (χ0n) is 15.5. The first-order chi connectivity index (χ1) is 14.3. The molecule has 30 heavy (non-hydrogen) atoms. The van der Waals surface area contributed by atoms with Gasteiger partial charge in [-0.2, -0.15) is 13.2 Å². The van der Waals surface area contributed by atoms with Gasteiger partial charge in [-0.15, -0.1) is 0 Å². The molecule has 0 unspecified atom stereocenters. The maximum atomic E-state index is 12.7. The van der Waals surface area contributed by atoms with Crippen LogP contribution < -0.4 is 15.1 Å². The number of anilines is 2. The third-order valence-corrected chi connectivity index (χ3v) is 5.52. The van der Waals surface area contributed by atoms with Crippen LogP contribution in [0.5, 0.6) is 0 Å². The predicted octanol–water partition coefficient (Wildman–Crippen LogP) is 3.15. The zero-order valence-corrected chi connectivity index (χ0v) is 16.3. The van der Waals surface area contributed by atoms with Crippen LogP contribution in [-0.4, -0.2) is 47.3 Å². The van der Waals surface area contributed by atoms with Crippen LogP contribution >= 0.6 is 11.8 Å². The standard InChI is InChI=1S/C19H16F3N5O2S/c20-19(21,22)12-1-3-14(4-2-12)26-7-9-27(10-8-26)17-23-6-5-13(24-17)11-15-16(28)25-18(29)30-15/h1-6,11H,7-10H2,(H,25,28,29)/b15-11-. The van der Waals surface area contributed by atoms with Crippen LogP contribution in [0.3, 0.4) is 0 Å². The largest absolute Gasteiger partial charge is 0.416 e. The number of halogens is 3. The Morgan fingerprint density at radius 1 is 1.00 bits per heavy atom. The third-order valence-electron chi connectivity index (χ3n) is 4.71. The van der Waals surface area contributed by atoms with Gasteiger partial charge in [0.25, 0.3) is 11.1 Å². The SMILES string of the molecule is O=C1NC(=O)/C(=C/c2ccnc(N3CCN(c4ccc(C(F)(F)F)cc4)CC3)n2)S1. The summed E-state index contributed by atoms with van der Waals surface area (Å²) in [4.78, 5) is 35.9. The van der Waals surface area contributed by atoms with Crippen molar-refractivity contribution in [1.82, 2.24) is 15.3 Å². The summed E-state index contributed by atoms with van der Waals surface area (Å²) < 4.78 is 38.2. The van der Waals surface area contributed by atoms with Crippen LogP contribution in [0, 0.1) is 0 Å². The van der Waals surface area contributed by atoms with Crippen molar-refractivity contribution in [3.05, 3.63) is 52.7 Å². The Morgan fingerprint density at radius 3 is 2.27 bits per heavy atom. The Kier molecular flexibility index (Phi) is 5.37. The number of carbonyl (C=O) groups is 2. The fourth-order valence-electron chi connectivity index (χ4n) is 3.18. The van der Waals surface area contributed by atoms with Crippen LogP contribution in [-0.2, 0) is 11.0 Å². The number of aromatic nitrogens is 2. The molecule has 2 amide bonds. The molecule has 0 atom stereocenters. The molecule has 0 saturated carbocycles. The normalized spacial score (nSPS) is 18.8. The molecule has 4 rings (SSSR count). The predicted molar refractivity (Wildman–Crippen MR) is 107 cm³/mol. The topological polar surface area (TPSA) is 78.4 Å². The number of piperazine rings is 1. The fraction of sp³-hybridized carbons (Fsp3) is 0.263. The average Bonchev–Trinajstić information content (AvgIpc) is 3.04. The lowest BCUT2D eigenvalue weighted by Gasteiger charge is -2.36. The van der Waals surface area contributed by atoms with Gasteiger partial charge < -0.3 is 9.80 Å². The van der Waals surface area contributed by atoms with Crippen LogP contribution in [0.4, 0.5) is 29.6 Å². The molecule has 3 heterocycles. The van der Waals surface area contributed by atoms with Gasteiger partial charge >= 0.3 is 6.18 Å². The average molecular weight is 435 g/mol. The highest BCUT2D eigenvalue weighted by atomic mass is 32.2. The summed E-state index contributed by atoms with van der Waals surface area (Å²) in [5.74, 6) is 0.0430. The molecular weight excluding hydrogens is 419 g/mol. The van der Waals surface area contributed by atoms with Gasteiger partial charge in [-0.25, -0.2) is 9.97 Å². The van der Waals surface area contributed by atoms with E-state index in [2.05, 4.69) is 15.3 Å². The van der Waals surface area contributed by atoms with Crippen molar-refractivity contribution in [3.8, 4) is 0 Å². The Balaban J connectivity index is 1.41. The van der Waals surface area contributed by atoms with Crippen molar-refractivity contribution in [1.29, 1.82) is 0 Å². The maximum Gasteiger partial charge on any atom is 0.416 e. The van der Waals surface area contributed by atoms with Gasteiger partial charge in [0, 0.05) is 38.1 Å². The number of imide groups is 1. The van der Waals surface area contributed by atoms with Gasteiger partial charge in [0.05, 0.1) is 16.2 Å². The van der Waals surface area contributed by atoms with E-state index in [1.54, 1.807) is 12.3 Å². The molecule has 2 aliphatic heterocycles. The van der Waals surface area contributed by atoms with Gasteiger partial charge in [0.15, 0.2) is 0 Å². The van der Waals surface area contributed by atoms with E-state index >= 15 is 0 Å². The molecule has 1 N–H and O–H groups in total. The Morgan fingerprint density at radius 2 is 1.67 bits per heavy atom. The molecular formula is C19H16F3N5O2S. The first kappa shape index (κ1) is 20.2. The van der Waals surface area contributed by atoms with Crippen LogP contribution in [0.15, 0.2) is 41.4 Å². The number of nitrogens with one attached hydrogen (secondary N) is 1. The summed E-state index contributed by atoms with van der Waals surface area (Å²) in [6, 6.07) is 6.78. The molecule has 11 heteroatoms. The zero-order chi connectivity index (χ0) is 21.3. The minimum atomic E-state index is -4.35. The summed E-state index contributed by atoms with van der Waals surface area (Å²) in [6.07, 6.45) is -1.23. The number of benzene rings is 1. The number of amides is 2.